The third-order valence-corrected chi connectivity index (χ3v) is 6.82. The van der Waals surface area contributed by atoms with Crippen LogP contribution in [0.4, 0.5) is 5.82 Å². The number of benzene rings is 1. The van der Waals surface area contributed by atoms with Crippen molar-refractivity contribution in [2.24, 2.45) is 0 Å². The van der Waals surface area contributed by atoms with Gasteiger partial charge in [-0.15, -0.1) is 16.4 Å². The second kappa shape index (κ2) is 7.31. The minimum atomic E-state index is -0.154. The van der Waals surface area contributed by atoms with E-state index in [4.69, 9.17) is 9.84 Å². The minimum Gasteiger partial charge on any atom is -0.496 e. The fourth-order valence-electron chi connectivity index (χ4n) is 4.08. The van der Waals surface area contributed by atoms with Gasteiger partial charge in [-0.2, -0.15) is 0 Å². The number of thiophene rings is 1. The molecule has 0 saturated heterocycles. The topological polar surface area (TPSA) is 71.7 Å². The lowest BCUT2D eigenvalue weighted by Crippen LogP contribution is -2.28. The zero-order chi connectivity index (χ0) is 20.0. The first-order valence-electron chi connectivity index (χ1n) is 9.98. The molecule has 1 fully saturated rings. The molecule has 150 valence electrons. The van der Waals surface area contributed by atoms with Gasteiger partial charge in [-0.25, -0.2) is 9.50 Å². The van der Waals surface area contributed by atoms with E-state index in [0.29, 0.717) is 6.04 Å². The van der Waals surface area contributed by atoms with Crippen LogP contribution in [0.2, 0.25) is 0 Å². The highest BCUT2D eigenvalue weighted by Gasteiger charge is 2.20. The van der Waals surface area contributed by atoms with Gasteiger partial charge >= 0.3 is 0 Å². The summed E-state index contributed by atoms with van der Waals surface area (Å²) in [5.74, 6) is 1.75. The van der Waals surface area contributed by atoms with E-state index in [1.807, 2.05) is 22.8 Å². The maximum absolute atomic E-state index is 9.72. The third-order valence-electron chi connectivity index (χ3n) is 5.70. The van der Waals surface area contributed by atoms with E-state index in [-0.39, 0.29) is 6.10 Å². The van der Waals surface area contributed by atoms with E-state index in [9.17, 15) is 5.11 Å². The summed E-state index contributed by atoms with van der Waals surface area (Å²) in [6.45, 7) is 2.06. The molecule has 0 spiro atoms. The smallest absolute Gasteiger partial charge is 0.154 e. The molecular formula is C22H24N4O2S. The Kier molecular flexibility index (Phi) is 4.64. The van der Waals surface area contributed by atoms with E-state index in [0.717, 1.165) is 59.0 Å². The summed E-state index contributed by atoms with van der Waals surface area (Å²) < 4.78 is 8.57. The van der Waals surface area contributed by atoms with Crippen molar-refractivity contribution in [1.29, 1.82) is 0 Å². The van der Waals surface area contributed by atoms with E-state index in [1.54, 1.807) is 18.4 Å². The van der Waals surface area contributed by atoms with Crippen molar-refractivity contribution in [3.8, 4) is 16.3 Å². The number of nitrogens with one attached hydrogen (secondary N) is 1. The standard InChI is InChI=1S/C22H24N4O2S/c1-13-9-14-10-20(29-19(14)11-18(13)28-2)17-12-23-22-8-7-21(25-26(17)22)24-15-3-5-16(27)6-4-15/h7-12,15-16,27H,3-6H2,1-2H3,(H,24,25). The van der Waals surface area contributed by atoms with Gasteiger partial charge in [0.05, 0.1) is 24.3 Å². The van der Waals surface area contributed by atoms with Crippen LogP contribution in [0.3, 0.4) is 0 Å². The predicted molar refractivity (Wildman–Crippen MR) is 117 cm³/mol. The number of rotatable bonds is 4. The zero-order valence-electron chi connectivity index (χ0n) is 16.6. The number of fused-ring (bicyclic) bond motifs is 2. The molecule has 0 bridgehead atoms. The highest BCUT2D eigenvalue weighted by atomic mass is 32.1. The second-order valence-corrected chi connectivity index (χ2v) is 8.84. The molecule has 1 aliphatic rings. The normalized spacial score (nSPS) is 19.7. The van der Waals surface area contributed by atoms with Crippen LogP contribution >= 0.6 is 11.3 Å². The molecule has 1 aliphatic carbocycles. The largest absolute Gasteiger partial charge is 0.496 e. The molecule has 0 atom stereocenters. The van der Waals surface area contributed by atoms with Crippen molar-refractivity contribution < 1.29 is 9.84 Å². The summed E-state index contributed by atoms with van der Waals surface area (Å²) in [6, 6.07) is 10.8. The minimum absolute atomic E-state index is 0.154. The molecule has 3 aromatic heterocycles. The lowest BCUT2D eigenvalue weighted by Gasteiger charge is -2.26. The Morgan fingerprint density at radius 1 is 1.17 bits per heavy atom. The molecule has 0 unspecified atom stereocenters. The highest BCUT2D eigenvalue weighted by Crippen LogP contribution is 2.37. The molecular weight excluding hydrogens is 384 g/mol. The number of aromatic nitrogens is 3. The van der Waals surface area contributed by atoms with Crippen LogP contribution in [0, 0.1) is 6.92 Å². The summed E-state index contributed by atoms with van der Waals surface area (Å²) in [4.78, 5) is 5.67. The van der Waals surface area contributed by atoms with Crippen molar-refractivity contribution in [3.05, 3.63) is 42.1 Å². The SMILES string of the molecule is COc1cc2sc(-c3cnc4ccc(NC5CCC(O)CC5)nn34)cc2cc1C. The summed E-state index contributed by atoms with van der Waals surface area (Å²) in [5, 5.41) is 19.3. The maximum Gasteiger partial charge on any atom is 0.154 e. The van der Waals surface area contributed by atoms with Gasteiger partial charge in [0.2, 0.25) is 0 Å². The third kappa shape index (κ3) is 3.45. The van der Waals surface area contributed by atoms with Crippen molar-refractivity contribution >= 4 is 32.9 Å². The number of hydrogen-bond acceptors (Lipinski definition) is 6. The molecule has 1 aromatic carbocycles. The molecule has 4 aromatic rings. The lowest BCUT2D eigenvalue weighted by molar-refractivity contribution is 0.126. The first-order valence-corrected chi connectivity index (χ1v) is 10.8. The molecule has 5 rings (SSSR count). The highest BCUT2D eigenvalue weighted by molar-refractivity contribution is 7.22. The van der Waals surface area contributed by atoms with Gasteiger partial charge in [0.15, 0.2) is 5.65 Å². The number of aliphatic hydroxyl groups is 1. The Labute approximate surface area is 173 Å². The predicted octanol–water partition coefficient (Wildman–Crippen LogP) is 4.64. The number of imidazole rings is 1. The van der Waals surface area contributed by atoms with Crippen LogP contribution in [-0.4, -0.2) is 39.0 Å². The average molecular weight is 409 g/mol. The van der Waals surface area contributed by atoms with Crippen LogP contribution in [0.5, 0.6) is 5.75 Å². The fourth-order valence-corrected chi connectivity index (χ4v) is 5.14. The van der Waals surface area contributed by atoms with Gasteiger partial charge in [-0.3, -0.25) is 0 Å². The number of aliphatic hydroxyl groups excluding tert-OH is 1. The Hall–Kier alpha value is -2.64. The molecule has 0 radical (unpaired) electrons. The van der Waals surface area contributed by atoms with Crippen molar-refractivity contribution in [2.45, 2.75) is 44.8 Å². The van der Waals surface area contributed by atoms with Gasteiger partial charge in [-0.1, -0.05) is 0 Å². The molecule has 2 N–H and O–H groups in total. The van der Waals surface area contributed by atoms with Crippen LogP contribution in [-0.2, 0) is 0 Å². The molecule has 3 heterocycles. The molecule has 29 heavy (non-hydrogen) atoms. The number of hydrogen-bond donors (Lipinski definition) is 2. The number of ether oxygens (including phenoxy) is 1. The summed E-state index contributed by atoms with van der Waals surface area (Å²) >= 11 is 1.72. The quantitative estimate of drug-likeness (QED) is 0.515. The van der Waals surface area contributed by atoms with Crippen LogP contribution in [0.25, 0.3) is 26.3 Å². The van der Waals surface area contributed by atoms with Gasteiger partial charge in [-0.05, 0) is 73.9 Å². The Bertz CT molecular complexity index is 1170. The molecule has 0 aliphatic heterocycles. The molecule has 1 saturated carbocycles. The average Bonchev–Trinajstić information content (AvgIpc) is 3.32. The van der Waals surface area contributed by atoms with Crippen LogP contribution in [0.1, 0.15) is 31.2 Å². The number of methoxy groups -OCH3 is 1. The van der Waals surface area contributed by atoms with Gasteiger partial charge < -0.3 is 15.2 Å². The molecule has 7 heteroatoms. The summed E-state index contributed by atoms with van der Waals surface area (Å²) in [7, 11) is 1.71. The van der Waals surface area contributed by atoms with Gasteiger partial charge in [0.25, 0.3) is 0 Å². The molecule has 0 amide bonds. The van der Waals surface area contributed by atoms with Crippen LogP contribution < -0.4 is 10.1 Å². The van der Waals surface area contributed by atoms with E-state index in [1.165, 1.54) is 10.1 Å². The van der Waals surface area contributed by atoms with Gasteiger partial charge in [0.1, 0.15) is 17.3 Å². The van der Waals surface area contributed by atoms with Crippen molar-refractivity contribution in [1.82, 2.24) is 14.6 Å². The molecule has 6 nitrogen and oxygen atoms in total. The fraction of sp³-hybridized carbons (Fsp3) is 0.364. The first-order chi connectivity index (χ1) is 14.1. The Morgan fingerprint density at radius 3 is 2.79 bits per heavy atom. The Balaban J connectivity index is 1.49. The summed E-state index contributed by atoms with van der Waals surface area (Å²) in [6.07, 6.45) is 5.36. The number of anilines is 1. The van der Waals surface area contributed by atoms with E-state index in [2.05, 4.69) is 35.4 Å². The number of nitrogens with zero attached hydrogens (tertiary/aromatic N) is 3. The van der Waals surface area contributed by atoms with Crippen molar-refractivity contribution in [2.75, 3.05) is 12.4 Å². The van der Waals surface area contributed by atoms with Gasteiger partial charge in [0, 0.05) is 10.7 Å². The van der Waals surface area contributed by atoms with Crippen molar-refractivity contribution in [3.63, 3.8) is 0 Å². The summed E-state index contributed by atoms with van der Waals surface area (Å²) in [5.41, 5.74) is 2.95. The second-order valence-electron chi connectivity index (χ2n) is 7.75. The Morgan fingerprint density at radius 2 is 2.00 bits per heavy atom. The zero-order valence-corrected chi connectivity index (χ0v) is 17.4. The lowest BCUT2D eigenvalue weighted by atomic mass is 9.93. The van der Waals surface area contributed by atoms with Crippen LogP contribution in [0.15, 0.2) is 36.5 Å². The van der Waals surface area contributed by atoms with E-state index >= 15 is 0 Å². The van der Waals surface area contributed by atoms with E-state index < -0.39 is 0 Å². The first kappa shape index (κ1) is 18.4. The monoisotopic (exact) mass is 408 g/mol. The maximum atomic E-state index is 9.72. The number of aryl methyl sites for hydroxylation is 1.